The summed E-state index contributed by atoms with van der Waals surface area (Å²) in [6.45, 7) is 1.90. The molecule has 2 heterocycles. The Labute approximate surface area is 160 Å². The van der Waals surface area contributed by atoms with Gasteiger partial charge in [-0.05, 0) is 43.6 Å². The van der Waals surface area contributed by atoms with Crippen LogP contribution in [-0.4, -0.2) is 29.2 Å². The van der Waals surface area contributed by atoms with Gasteiger partial charge in [-0.2, -0.15) is 0 Å². The van der Waals surface area contributed by atoms with Crippen LogP contribution < -0.4 is 10.2 Å². The van der Waals surface area contributed by atoms with Crippen molar-refractivity contribution in [2.45, 2.75) is 57.4 Å². The average Bonchev–Trinajstić information content (AvgIpc) is 3.40. The van der Waals surface area contributed by atoms with Crippen LogP contribution in [0.4, 0.5) is 6.01 Å². The zero-order valence-electron chi connectivity index (χ0n) is 15.8. The minimum Gasteiger partial charge on any atom is -0.405 e. The third-order valence-corrected chi connectivity index (χ3v) is 5.69. The summed E-state index contributed by atoms with van der Waals surface area (Å²) >= 11 is 0. The molecule has 144 valence electrons. The minimum atomic E-state index is -0.397. The molecule has 1 saturated carbocycles. The van der Waals surface area contributed by atoms with Crippen molar-refractivity contribution in [1.82, 2.24) is 15.5 Å². The molecule has 6 heteroatoms. The second-order valence-electron chi connectivity index (χ2n) is 7.74. The van der Waals surface area contributed by atoms with E-state index in [9.17, 15) is 4.79 Å². The number of amides is 1. The number of hydrogen-bond donors (Lipinski definition) is 1. The Balaban J connectivity index is 1.51. The smallest absolute Gasteiger partial charge is 0.318 e. The number of hydrogen-bond acceptors (Lipinski definition) is 5. The third-order valence-electron chi connectivity index (χ3n) is 5.69. The van der Waals surface area contributed by atoms with Gasteiger partial charge < -0.3 is 14.6 Å². The van der Waals surface area contributed by atoms with Gasteiger partial charge in [-0.3, -0.25) is 4.79 Å². The van der Waals surface area contributed by atoms with Crippen LogP contribution in [0.25, 0.3) is 0 Å². The highest BCUT2D eigenvalue weighted by Crippen LogP contribution is 2.29. The lowest BCUT2D eigenvalue weighted by molar-refractivity contribution is -0.122. The molecule has 0 radical (unpaired) electrons. The van der Waals surface area contributed by atoms with Crippen LogP contribution >= 0.6 is 0 Å². The van der Waals surface area contributed by atoms with Crippen molar-refractivity contribution in [2.75, 3.05) is 18.0 Å². The molecular formula is C21H28N4O2. The number of carbonyl (C=O) groups is 1. The molecule has 2 aliphatic rings. The molecule has 0 spiro atoms. The van der Waals surface area contributed by atoms with Gasteiger partial charge in [0, 0.05) is 19.5 Å². The summed E-state index contributed by atoms with van der Waals surface area (Å²) in [5.41, 5.74) is 0.964. The lowest BCUT2D eigenvalue weighted by Crippen LogP contribution is -2.31. The number of aromatic nitrogens is 2. The molecule has 1 N–H and O–H groups in total. The number of carbonyl (C=O) groups excluding carboxylic acids is 1. The second kappa shape index (κ2) is 8.55. The number of piperidine rings is 1. The Hall–Kier alpha value is -2.37. The van der Waals surface area contributed by atoms with Gasteiger partial charge >= 0.3 is 6.01 Å². The van der Waals surface area contributed by atoms with E-state index < -0.39 is 6.04 Å². The molecule has 0 unspecified atom stereocenters. The Morgan fingerprint density at radius 1 is 1.07 bits per heavy atom. The van der Waals surface area contributed by atoms with Crippen LogP contribution in [0.3, 0.4) is 0 Å². The lowest BCUT2D eigenvalue weighted by Gasteiger charge is -2.24. The zero-order valence-corrected chi connectivity index (χ0v) is 15.8. The van der Waals surface area contributed by atoms with Crippen molar-refractivity contribution in [2.24, 2.45) is 5.92 Å². The van der Waals surface area contributed by atoms with Gasteiger partial charge in [-0.1, -0.05) is 48.3 Å². The summed E-state index contributed by atoms with van der Waals surface area (Å²) in [6.07, 6.45) is 8.92. The van der Waals surface area contributed by atoms with E-state index >= 15 is 0 Å². The fourth-order valence-electron chi connectivity index (χ4n) is 4.19. The maximum atomic E-state index is 12.7. The maximum Gasteiger partial charge on any atom is 0.318 e. The molecule has 2 fully saturated rings. The van der Waals surface area contributed by atoms with Crippen LogP contribution in [0.2, 0.25) is 0 Å². The highest BCUT2D eigenvalue weighted by Gasteiger charge is 2.26. The van der Waals surface area contributed by atoms with Gasteiger partial charge in [-0.25, -0.2) is 0 Å². The minimum absolute atomic E-state index is 0.0634. The number of benzene rings is 1. The topological polar surface area (TPSA) is 71.3 Å². The largest absolute Gasteiger partial charge is 0.405 e. The molecule has 1 amide bonds. The fourth-order valence-corrected chi connectivity index (χ4v) is 4.19. The molecule has 1 atom stereocenters. The van der Waals surface area contributed by atoms with Gasteiger partial charge in [-0.15, -0.1) is 5.10 Å². The summed E-state index contributed by atoms with van der Waals surface area (Å²) in [5.74, 6) is 1.03. The molecule has 27 heavy (non-hydrogen) atoms. The van der Waals surface area contributed by atoms with Crippen molar-refractivity contribution in [1.29, 1.82) is 0 Å². The van der Waals surface area contributed by atoms with Crippen molar-refractivity contribution in [3.63, 3.8) is 0 Å². The normalized spacial score (nSPS) is 19.2. The number of rotatable bonds is 6. The molecule has 1 saturated heterocycles. The van der Waals surface area contributed by atoms with E-state index in [1.54, 1.807) is 0 Å². The Kier molecular flexibility index (Phi) is 5.70. The second-order valence-corrected chi connectivity index (χ2v) is 7.74. The SMILES string of the molecule is O=C(CC1CCCC1)N[C@H](c1ccccc1)c1nnc(N2CCCCC2)o1. The predicted octanol–water partition coefficient (Wildman–Crippen LogP) is 3.85. The van der Waals surface area contributed by atoms with E-state index in [0.29, 0.717) is 24.2 Å². The third kappa shape index (κ3) is 4.49. The highest BCUT2D eigenvalue weighted by atomic mass is 16.4. The van der Waals surface area contributed by atoms with Crippen LogP contribution in [0.1, 0.15) is 68.9 Å². The van der Waals surface area contributed by atoms with Crippen LogP contribution in [0.5, 0.6) is 0 Å². The summed E-state index contributed by atoms with van der Waals surface area (Å²) in [5, 5.41) is 11.7. The molecule has 1 aromatic carbocycles. The van der Waals surface area contributed by atoms with Crippen molar-refractivity contribution >= 4 is 11.9 Å². The van der Waals surface area contributed by atoms with Crippen LogP contribution in [0.15, 0.2) is 34.7 Å². The standard InChI is InChI=1S/C21H28N4O2/c26-18(15-16-9-5-6-10-16)22-19(17-11-3-1-4-12-17)20-23-24-21(27-20)25-13-7-2-8-14-25/h1,3-4,11-12,16,19H,2,5-10,13-15H2,(H,22,26)/t19-/m1/s1. The summed E-state index contributed by atoms with van der Waals surface area (Å²) in [4.78, 5) is 14.8. The first-order valence-corrected chi connectivity index (χ1v) is 10.2. The summed E-state index contributed by atoms with van der Waals surface area (Å²) in [7, 11) is 0. The molecule has 1 aromatic heterocycles. The monoisotopic (exact) mass is 368 g/mol. The number of nitrogens with one attached hydrogen (secondary N) is 1. The van der Waals surface area contributed by atoms with E-state index in [4.69, 9.17) is 4.42 Å². The number of nitrogens with zero attached hydrogens (tertiary/aromatic N) is 3. The highest BCUT2D eigenvalue weighted by molar-refractivity contribution is 5.77. The van der Waals surface area contributed by atoms with Crippen LogP contribution in [-0.2, 0) is 4.79 Å². The molecule has 1 aliphatic heterocycles. The number of anilines is 1. The van der Waals surface area contributed by atoms with Crippen LogP contribution in [0, 0.1) is 5.92 Å². The van der Waals surface area contributed by atoms with Gasteiger partial charge in [0.05, 0.1) is 0 Å². The predicted molar refractivity (Wildman–Crippen MR) is 103 cm³/mol. The van der Waals surface area contributed by atoms with Gasteiger partial charge in [0.2, 0.25) is 11.8 Å². The van der Waals surface area contributed by atoms with E-state index in [-0.39, 0.29) is 5.91 Å². The Bertz CT molecular complexity index is 734. The van der Waals surface area contributed by atoms with E-state index in [1.165, 1.54) is 19.3 Å². The molecule has 1 aliphatic carbocycles. The maximum absolute atomic E-state index is 12.7. The molecule has 6 nitrogen and oxygen atoms in total. The van der Waals surface area contributed by atoms with Crippen molar-refractivity contribution in [3.05, 3.63) is 41.8 Å². The molecule has 4 rings (SSSR count). The first kappa shape index (κ1) is 18.0. The van der Waals surface area contributed by atoms with Gasteiger partial charge in [0.15, 0.2) is 0 Å². The fraction of sp³-hybridized carbons (Fsp3) is 0.571. The van der Waals surface area contributed by atoms with Crippen molar-refractivity contribution < 1.29 is 9.21 Å². The Morgan fingerprint density at radius 2 is 1.81 bits per heavy atom. The van der Waals surface area contributed by atoms with Gasteiger partial charge in [0.1, 0.15) is 6.04 Å². The molecule has 2 aromatic rings. The first-order chi connectivity index (χ1) is 13.3. The van der Waals surface area contributed by atoms with E-state index in [1.807, 2.05) is 30.3 Å². The quantitative estimate of drug-likeness (QED) is 0.839. The average molecular weight is 368 g/mol. The van der Waals surface area contributed by atoms with Gasteiger partial charge in [0.25, 0.3) is 0 Å². The zero-order chi connectivity index (χ0) is 18.5. The summed E-state index contributed by atoms with van der Waals surface area (Å²) < 4.78 is 6.00. The van der Waals surface area contributed by atoms with E-state index in [2.05, 4.69) is 20.4 Å². The molecular weight excluding hydrogens is 340 g/mol. The lowest BCUT2D eigenvalue weighted by atomic mass is 10.0. The first-order valence-electron chi connectivity index (χ1n) is 10.2. The van der Waals surface area contributed by atoms with Crippen molar-refractivity contribution in [3.8, 4) is 0 Å². The van der Waals surface area contributed by atoms with E-state index in [0.717, 1.165) is 44.3 Å². The Morgan fingerprint density at radius 3 is 2.56 bits per heavy atom. The molecule has 0 bridgehead atoms. The summed E-state index contributed by atoms with van der Waals surface area (Å²) in [6, 6.07) is 10.0.